The maximum absolute atomic E-state index is 12.6. The van der Waals surface area contributed by atoms with Crippen LogP contribution in [0.3, 0.4) is 0 Å². The number of rotatable bonds is 4. The number of fused-ring (bicyclic) bond motifs is 3. The summed E-state index contributed by atoms with van der Waals surface area (Å²) in [5.41, 5.74) is 1.54. The Kier molecular flexibility index (Phi) is 3.87. The summed E-state index contributed by atoms with van der Waals surface area (Å²) in [6.07, 6.45) is 9.52. The van der Waals surface area contributed by atoms with E-state index in [-0.39, 0.29) is 29.0 Å². The SMILES string of the molecule is CC12CCCC3(CO3)C1CC1C(C2)OC(=O)C1CNCc1cccnc1. The predicted octanol–water partition coefficient (Wildman–Crippen LogP) is 2.70. The van der Waals surface area contributed by atoms with Crippen molar-refractivity contribution in [3.8, 4) is 0 Å². The fourth-order valence-electron chi connectivity index (χ4n) is 6.06. The summed E-state index contributed by atoms with van der Waals surface area (Å²) in [5.74, 6) is 0.882. The molecule has 4 fully saturated rings. The number of carbonyl (C=O) groups is 1. The lowest BCUT2D eigenvalue weighted by Gasteiger charge is -2.51. The molecule has 5 nitrogen and oxygen atoms in total. The number of nitrogens with one attached hydrogen (secondary N) is 1. The molecule has 6 atom stereocenters. The van der Waals surface area contributed by atoms with Crippen LogP contribution in [-0.2, 0) is 20.8 Å². The first kappa shape index (κ1) is 16.7. The van der Waals surface area contributed by atoms with E-state index in [2.05, 4.69) is 23.3 Å². The highest BCUT2D eigenvalue weighted by atomic mass is 16.6. The van der Waals surface area contributed by atoms with Gasteiger partial charge in [-0.25, -0.2) is 0 Å². The topological polar surface area (TPSA) is 63.8 Å². The Bertz CT molecular complexity index is 690. The molecule has 2 saturated heterocycles. The number of ether oxygens (including phenoxy) is 2. The summed E-state index contributed by atoms with van der Waals surface area (Å²) in [7, 11) is 0. The van der Waals surface area contributed by atoms with Crippen LogP contribution in [0.2, 0.25) is 0 Å². The van der Waals surface area contributed by atoms with Crippen molar-refractivity contribution in [2.45, 2.75) is 57.3 Å². The monoisotopic (exact) mass is 356 g/mol. The first-order chi connectivity index (χ1) is 12.6. The van der Waals surface area contributed by atoms with Crippen LogP contribution in [0.15, 0.2) is 24.5 Å². The molecule has 4 aliphatic rings. The van der Waals surface area contributed by atoms with Crippen molar-refractivity contribution in [2.75, 3.05) is 13.2 Å². The zero-order valence-electron chi connectivity index (χ0n) is 15.4. The van der Waals surface area contributed by atoms with Gasteiger partial charge in [-0.1, -0.05) is 13.0 Å². The standard InChI is InChI=1S/C21H28N2O3/c1-20-5-3-6-21(13-25-21)18(20)8-15-16(19(24)26-17(15)9-20)12-23-11-14-4-2-7-22-10-14/h2,4,7,10,15-18,23H,3,5-6,8-9,11-13H2,1H3. The molecule has 1 aromatic heterocycles. The third kappa shape index (κ3) is 2.67. The number of aromatic nitrogens is 1. The number of hydrogen-bond donors (Lipinski definition) is 1. The molecule has 1 spiro atoms. The summed E-state index contributed by atoms with van der Waals surface area (Å²) in [4.78, 5) is 16.7. The molecule has 0 amide bonds. The van der Waals surface area contributed by atoms with Crippen molar-refractivity contribution < 1.29 is 14.3 Å². The minimum Gasteiger partial charge on any atom is -0.462 e. The Morgan fingerprint density at radius 1 is 1.38 bits per heavy atom. The molecule has 0 bridgehead atoms. The highest BCUT2D eigenvalue weighted by Crippen LogP contribution is 2.62. The number of pyridine rings is 1. The third-order valence-corrected chi connectivity index (χ3v) is 7.50. The molecule has 2 aliphatic heterocycles. The van der Waals surface area contributed by atoms with E-state index in [9.17, 15) is 4.79 Å². The molecule has 1 N–H and O–H groups in total. The molecule has 26 heavy (non-hydrogen) atoms. The Hall–Kier alpha value is -1.46. The van der Waals surface area contributed by atoms with Crippen LogP contribution in [0.5, 0.6) is 0 Å². The Balaban J connectivity index is 1.28. The van der Waals surface area contributed by atoms with Crippen LogP contribution in [0.25, 0.3) is 0 Å². The number of epoxide rings is 1. The summed E-state index contributed by atoms with van der Waals surface area (Å²) in [6, 6.07) is 4.00. The smallest absolute Gasteiger partial charge is 0.310 e. The lowest BCUT2D eigenvalue weighted by molar-refractivity contribution is -0.147. The van der Waals surface area contributed by atoms with Crippen LogP contribution in [0.4, 0.5) is 0 Å². The zero-order valence-corrected chi connectivity index (χ0v) is 15.4. The van der Waals surface area contributed by atoms with Gasteiger partial charge < -0.3 is 14.8 Å². The zero-order chi connectivity index (χ0) is 17.8. The summed E-state index contributed by atoms with van der Waals surface area (Å²) in [5, 5.41) is 3.45. The van der Waals surface area contributed by atoms with Gasteiger partial charge in [0, 0.05) is 31.4 Å². The average molecular weight is 356 g/mol. The largest absolute Gasteiger partial charge is 0.462 e. The van der Waals surface area contributed by atoms with Gasteiger partial charge in [0.25, 0.3) is 0 Å². The van der Waals surface area contributed by atoms with Crippen molar-refractivity contribution in [1.29, 1.82) is 0 Å². The van der Waals surface area contributed by atoms with Gasteiger partial charge in [0.05, 0.1) is 18.1 Å². The van der Waals surface area contributed by atoms with Crippen LogP contribution >= 0.6 is 0 Å². The maximum atomic E-state index is 12.6. The molecule has 140 valence electrons. The third-order valence-electron chi connectivity index (χ3n) is 7.50. The average Bonchev–Trinajstić information content (AvgIpc) is 3.33. The summed E-state index contributed by atoms with van der Waals surface area (Å²) in [6.45, 7) is 4.75. The van der Waals surface area contributed by atoms with Gasteiger partial charge in [-0.15, -0.1) is 0 Å². The van der Waals surface area contributed by atoms with Crippen LogP contribution in [-0.4, -0.2) is 35.8 Å². The molecule has 2 saturated carbocycles. The van der Waals surface area contributed by atoms with E-state index in [0.717, 1.165) is 31.6 Å². The molecular formula is C21H28N2O3. The highest BCUT2D eigenvalue weighted by Gasteiger charge is 2.64. The van der Waals surface area contributed by atoms with Crippen LogP contribution < -0.4 is 5.32 Å². The van der Waals surface area contributed by atoms with E-state index in [1.807, 2.05) is 12.3 Å². The molecule has 0 aromatic carbocycles. The van der Waals surface area contributed by atoms with Crippen molar-refractivity contribution in [2.24, 2.45) is 23.2 Å². The number of nitrogens with zero attached hydrogens (tertiary/aromatic N) is 1. The lowest BCUT2D eigenvalue weighted by atomic mass is 9.53. The first-order valence-corrected chi connectivity index (χ1v) is 10.0. The van der Waals surface area contributed by atoms with Crippen molar-refractivity contribution in [1.82, 2.24) is 10.3 Å². The molecule has 6 unspecified atom stereocenters. The van der Waals surface area contributed by atoms with E-state index in [1.165, 1.54) is 19.3 Å². The lowest BCUT2D eigenvalue weighted by Crippen LogP contribution is -2.51. The number of carbonyl (C=O) groups excluding carboxylic acids is 1. The normalized spacial score (nSPS) is 43.7. The van der Waals surface area contributed by atoms with Crippen molar-refractivity contribution >= 4 is 5.97 Å². The molecule has 2 aliphatic carbocycles. The fourth-order valence-corrected chi connectivity index (χ4v) is 6.06. The van der Waals surface area contributed by atoms with Gasteiger partial charge in [-0.05, 0) is 55.1 Å². The fraction of sp³-hybridized carbons (Fsp3) is 0.714. The molecule has 3 heterocycles. The summed E-state index contributed by atoms with van der Waals surface area (Å²) < 4.78 is 11.8. The summed E-state index contributed by atoms with van der Waals surface area (Å²) >= 11 is 0. The second-order valence-corrected chi connectivity index (χ2v) is 9.09. The number of esters is 1. The van der Waals surface area contributed by atoms with Gasteiger partial charge >= 0.3 is 5.97 Å². The maximum Gasteiger partial charge on any atom is 0.310 e. The second-order valence-electron chi connectivity index (χ2n) is 9.09. The minimum atomic E-state index is -0.0288. The highest BCUT2D eigenvalue weighted by molar-refractivity contribution is 5.75. The molecule has 5 rings (SSSR count). The van der Waals surface area contributed by atoms with E-state index in [4.69, 9.17) is 9.47 Å². The van der Waals surface area contributed by atoms with Gasteiger partial charge in [0.1, 0.15) is 6.10 Å². The van der Waals surface area contributed by atoms with Crippen molar-refractivity contribution in [3.63, 3.8) is 0 Å². The van der Waals surface area contributed by atoms with Gasteiger partial charge in [0.2, 0.25) is 0 Å². The first-order valence-electron chi connectivity index (χ1n) is 10.0. The number of hydrogen-bond acceptors (Lipinski definition) is 5. The quantitative estimate of drug-likeness (QED) is 0.664. The Morgan fingerprint density at radius 2 is 2.27 bits per heavy atom. The van der Waals surface area contributed by atoms with E-state index < -0.39 is 0 Å². The molecular weight excluding hydrogens is 328 g/mol. The van der Waals surface area contributed by atoms with E-state index in [0.29, 0.717) is 18.4 Å². The van der Waals surface area contributed by atoms with Gasteiger partial charge in [0.15, 0.2) is 0 Å². The molecule has 1 aromatic rings. The predicted molar refractivity (Wildman–Crippen MR) is 96.2 cm³/mol. The Labute approximate surface area is 154 Å². The van der Waals surface area contributed by atoms with Crippen LogP contribution in [0.1, 0.15) is 44.6 Å². The molecule has 0 radical (unpaired) electrons. The Morgan fingerprint density at radius 3 is 3.04 bits per heavy atom. The minimum absolute atomic E-state index is 0.00769. The second kappa shape index (κ2) is 6.03. The molecule has 5 heteroatoms. The van der Waals surface area contributed by atoms with Crippen molar-refractivity contribution in [3.05, 3.63) is 30.1 Å². The van der Waals surface area contributed by atoms with Crippen LogP contribution in [0, 0.1) is 23.2 Å². The van der Waals surface area contributed by atoms with E-state index >= 15 is 0 Å². The van der Waals surface area contributed by atoms with Gasteiger partial charge in [-0.2, -0.15) is 0 Å². The van der Waals surface area contributed by atoms with E-state index in [1.54, 1.807) is 6.20 Å². The van der Waals surface area contributed by atoms with Gasteiger partial charge in [-0.3, -0.25) is 9.78 Å².